The van der Waals surface area contributed by atoms with Gasteiger partial charge in [-0.25, -0.2) is 4.79 Å². The lowest BCUT2D eigenvalue weighted by Gasteiger charge is -2.26. The van der Waals surface area contributed by atoms with Crippen molar-refractivity contribution in [2.75, 3.05) is 12.4 Å². The maximum atomic E-state index is 12.5. The summed E-state index contributed by atoms with van der Waals surface area (Å²) in [7, 11) is 0. The number of rotatable bonds is 13. The molecule has 0 rings (SSSR count). The van der Waals surface area contributed by atoms with Crippen molar-refractivity contribution in [3.63, 3.8) is 0 Å². The molecule has 0 aromatic carbocycles. The molecule has 4 amide bonds. The van der Waals surface area contributed by atoms with Crippen molar-refractivity contribution >= 4 is 42.2 Å². The Bertz CT molecular complexity index is 616. The SMILES string of the molecule is CC(C)C(NC(=O)C(N)CS)C(=O)NC(CO)C(=O)NC(CCC(N)=O)C(=O)O. The number of carbonyl (C=O) groups excluding carboxylic acids is 4. The Labute approximate surface area is 173 Å². The van der Waals surface area contributed by atoms with Crippen LogP contribution < -0.4 is 27.4 Å². The number of nitrogens with two attached hydrogens (primary N) is 2. The number of nitrogens with one attached hydrogen (secondary N) is 3. The minimum atomic E-state index is -1.48. The van der Waals surface area contributed by atoms with E-state index in [0.29, 0.717) is 0 Å². The highest BCUT2D eigenvalue weighted by Gasteiger charge is 2.31. The molecule has 0 aliphatic heterocycles. The molecule has 166 valence electrons. The van der Waals surface area contributed by atoms with E-state index in [-0.39, 0.29) is 24.5 Å². The lowest BCUT2D eigenvalue weighted by molar-refractivity contribution is -0.143. The van der Waals surface area contributed by atoms with E-state index >= 15 is 0 Å². The van der Waals surface area contributed by atoms with Crippen LogP contribution in [0.5, 0.6) is 0 Å². The standard InChI is InChI=1S/C16H29N5O7S/c1-7(2)12(21-13(24)8(17)6-29)15(26)20-10(5-22)14(25)19-9(16(27)28)3-4-11(18)23/h7-10,12,22,29H,3-6,17H2,1-2H3,(H2,18,23)(H,19,25)(H,20,26)(H,21,24)(H,27,28). The fraction of sp³-hybridized carbons (Fsp3) is 0.688. The number of thiol groups is 1. The summed E-state index contributed by atoms with van der Waals surface area (Å²) in [6, 6.07) is -4.91. The molecule has 0 heterocycles. The Kier molecular flexibility index (Phi) is 11.9. The van der Waals surface area contributed by atoms with Gasteiger partial charge in [0.2, 0.25) is 23.6 Å². The highest BCUT2D eigenvalue weighted by atomic mass is 32.1. The van der Waals surface area contributed by atoms with Crippen LogP contribution in [0.1, 0.15) is 26.7 Å². The van der Waals surface area contributed by atoms with Gasteiger partial charge in [-0.05, 0) is 12.3 Å². The number of hydrogen-bond donors (Lipinski definition) is 8. The van der Waals surface area contributed by atoms with Crippen LogP contribution in [0.4, 0.5) is 0 Å². The van der Waals surface area contributed by atoms with Crippen LogP contribution in [0.3, 0.4) is 0 Å². The molecule has 0 aromatic heterocycles. The lowest BCUT2D eigenvalue weighted by Crippen LogP contribution is -2.59. The van der Waals surface area contributed by atoms with E-state index in [9.17, 15) is 29.1 Å². The normalized spacial score (nSPS) is 15.0. The predicted molar refractivity (Wildman–Crippen MR) is 106 cm³/mol. The summed E-state index contributed by atoms with van der Waals surface area (Å²) in [5.41, 5.74) is 10.5. The Morgan fingerprint density at radius 3 is 1.93 bits per heavy atom. The monoisotopic (exact) mass is 435 g/mol. The summed E-state index contributed by atoms with van der Waals surface area (Å²) < 4.78 is 0. The number of aliphatic hydroxyl groups is 1. The topological polar surface area (TPSA) is 214 Å². The molecule has 0 bridgehead atoms. The molecule has 29 heavy (non-hydrogen) atoms. The Hall–Kier alpha value is -2.38. The minimum absolute atomic E-state index is 0.0574. The fourth-order valence-corrected chi connectivity index (χ4v) is 2.32. The van der Waals surface area contributed by atoms with Gasteiger partial charge in [0.05, 0.1) is 12.6 Å². The lowest BCUT2D eigenvalue weighted by atomic mass is 10.0. The molecule has 0 aromatic rings. The maximum Gasteiger partial charge on any atom is 0.326 e. The molecule has 0 aliphatic rings. The summed E-state index contributed by atoms with van der Waals surface area (Å²) in [6.07, 6.45) is -0.533. The van der Waals surface area contributed by atoms with E-state index in [1.54, 1.807) is 13.8 Å². The molecular weight excluding hydrogens is 406 g/mol. The molecule has 0 radical (unpaired) electrons. The summed E-state index contributed by atoms with van der Waals surface area (Å²) in [6.45, 7) is 2.47. The van der Waals surface area contributed by atoms with Crippen LogP contribution >= 0.6 is 12.6 Å². The smallest absolute Gasteiger partial charge is 0.326 e. The van der Waals surface area contributed by atoms with Gasteiger partial charge in [-0.15, -0.1) is 0 Å². The first-order valence-electron chi connectivity index (χ1n) is 8.84. The Morgan fingerprint density at radius 1 is 0.966 bits per heavy atom. The van der Waals surface area contributed by atoms with Crippen molar-refractivity contribution in [3.05, 3.63) is 0 Å². The van der Waals surface area contributed by atoms with E-state index in [4.69, 9.17) is 16.6 Å². The molecule has 13 heteroatoms. The second-order valence-electron chi connectivity index (χ2n) is 6.67. The van der Waals surface area contributed by atoms with Gasteiger partial charge >= 0.3 is 5.97 Å². The zero-order chi connectivity index (χ0) is 22.7. The third-order valence-corrected chi connectivity index (χ3v) is 4.28. The zero-order valence-corrected chi connectivity index (χ0v) is 17.1. The van der Waals surface area contributed by atoms with Crippen molar-refractivity contribution < 1.29 is 34.2 Å². The van der Waals surface area contributed by atoms with E-state index in [1.807, 2.05) is 0 Å². The van der Waals surface area contributed by atoms with Crippen molar-refractivity contribution in [2.24, 2.45) is 17.4 Å². The molecule has 0 fully saturated rings. The third kappa shape index (κ3) is 9.58. The number of amides is 4. The molecular formula is C16H29N5O7S. The number of carbonyl (C=O) groups is 5. The van der Waals surface area contributed by atoms with Crippen LogP contribution in [-0.4, -0.2) is 76.3 Å². The average Bonchev–Trinajstić information content (AvgIpc) is 2.65. The number of carboxylic acid groups (broad SMARTS) is 1. The zero-order valence-electron chi connectivity index (χ0n) is 16.3. The van der Waals surface area contributed by atoms with Gasteiger partial charge < -0.3 is 37.6 Å². The van der Waals surface area contributed by atoms with Gasteiger partial charge in [0.25, 0.3) is 0 Å². The fourth-order valence-electron chi connectivity index (χ4n) is 2.15. The van der Waals surface area contributed by atoms with Gasteiger partial charge in [-0.1, -0.05) is 13.8 Å². The molecule has 4 unspecified atom stereocenters. The van der Waals surface area contributed by atoms with Gasteiger partial charge in [0.15, 0.2) is 0 Å². The third-order valence-electron chi connectivity index (χ3n) is 3.89. The highest BCUT2D eigenvalue weighted by Crippen LogP contribution is 2.04. The Balaban J connectivity index is 5.12. The predicted octanol–water partition coefficient (Wildman–Crippen LogP) is -3.30. The van der Waals surface area contributed by atoms with E-state index < -0.39 is 60.4 Å². The van der Waals surface area contributed by atoms with Gasteiger partial charge in [-0.3, -0.25) is 19.2 Å². The molecule has 0 saturated carbocycles. The van der Waals surface area contributed by atoms with Crippen LogP contribution in [0, 0.1) is 5.92 Å². The van der Waals surface area contributed by atoms with Gasteiger partial charge in [0.1, 0.15) is 18.1 Å². The quantitative estimate of drug-likeness (QED) is 0.137. The second-order valence-corrected chi connectivity index (χ2v) is 7.03. The van der Waals surface area contributed by atoms with Gasteiger partial charge in [0, 0.05) is 12.2 Å². The van der Waals surface area contributed by atoms with E-state index in [1.165, 1.54) is 0 Å². The van der Waals surface area contributed by atoms with Crippen LogP contribution in [0.2, 0.25) is 0 Å². The van der Waals surface area contributed by atoms with Crippen LogP contribution in [0.15, 0.2) is 0 Å². The summed E-state index contributed by atoms with van der Waals surface area (Å²) in [5, 5.41) is 25.4. The van der Waals surface area contributed by atoms with Crippen LogP contribution in [0.25, 0.3) is 0 Å². The van der Waals surface area contributed by atoms with Crippen molar-refractivity contribution in [1.82, 2.24) is 16.0 Å². The van der Waals surface area contributed by atoms with Crippen LogP contribution in [-0.2, 0) is 24.0 Å². The van der Waals surface area contributed by atoms with E-state index in [0.717, 1.165) is 0 Å². The number of carboxylic acids is 1. The summed E-state index contributed by atoms with van der Waals surface area (Å²) in [5.74, 6) is -4.83. The van der Waals surface area contributed by atoms with Crippen molar-refractivity contribution in [1.29, 1.82) is 0 Å². The molecule has 0 saturated heterocycles. The second kappa shape index (κ2) is 13.0. The molecule has 0 aliphatic carbocycles. The summed E-state index contributed by atoms with van der Waals surface area (Å²) in [4.78, 5) is 58.7. The highest BCUT2D eigenvalue weighted by molar-refractivity contribution is 7.80. The maximum absolute atomic E-state index is 12.5. The number of aliphatic hydroxyl groups excluding tert-OH is 1. The number of hydrogen-bond acceptors (Lipinski definition) is 8. The molecule has 9 N–H and O–H groups in total. The first-order valence-corrected chi connectivity index (χ1v) is 9.47. The van der Waals surface area contributed by atoms with E-state index in [2.05, 4.69) is 28.6 Å². The van der Waals surface area contributed by atoms with Crippen molar-refractivity contribution in [3.8, 4) is 0 Å². The molecule has 4 atom stereocenters. The molecule has 12 nitrogen and oxygen atoms in total. The number of primary amides is 1. The minimum Gasteiger partial charge on any atom is -0.480 e. The Morgan fingerprint density at radius 2 is 1.52 bits per heavy atom. The first-order chi connectivity index (χ1) is 13.4. The average molecular weight is 436 g/mol. The number of aliphatic carboxylic acids is 1. The van der Waals surface area contributed by atoms with Gasteiger partial charge in [-0.2, -0.15) is 12.6 Å². The molecule has 0 spiro atoms. The summed E-state index contributed by atoms with van der Waals surface area (Å²) >= 11 is 3.91. The van der Waals surface area contributed by atoms with Crippen molar-refractivity contribution in [2.45, 2.75) is 50.9 Å². The first kappa shape index (κ1) is 26.6. The largest absolute Gasteiger partial charge is 0.480 e.